The Hall–Kier alpha value is -8.71. The number of benzene rings is 2. The van der Waals surface area contributed by atoms with E-state index in [2.05, 4.69) is 31.5 Å². The number of cyclic esters (lactones) is 1. The highest BCUT2D eigenvalue weighted by Gasteiger charge is 2.46. The van der Waals surface area contributed by atoms with Gasteiger partial charge >= 0.3 is 18.0 Å². The maximum atomic E-state index is 14.0. The lowest BCUT2D eigenvalue weighted by Gasteiger charge is -2.32. The van der Waals surface area contributed by atoms with Crippen molar-refractivity contribution < 1.29 is 72.3 Å². The molecule has 5 aliphatic rings. The number of ether oxygens (including phenoxy) is 4. The quantitative estimate of drug-likeness (QED) is 0.0410. The SMILES string of the molecule is CC[C@@]1(O)C(=O)OCc2c1cc1n(c2=O)Cc2c-1nc1cc3c(cc1c2CN1CCC(NC(=O)OCc2ccc(NC(=O)[C@H](CCC(=O)O)NC(=O)[C@H](C)NC(=O)[C@@H](CC(C)C)NC(=O)CCN4C(=O)C=CC4=O)cc2)CC1)OCO3. The van der Waals surface area contributed by atoms with Gasteiger partial charge in [0.2, 0.25) is 30.4 Å². The fourth-order valence-electron chi connectivity index (χ4n) is 10.5. The number of imide groups is 1. The monoisotopic (exact) mass is 1120 g/mol. The van der Waals surface area contributed by atoms with Crippen molar-refractivity contribution in [3.05, 3.63) is 92.8 Å². The zero-order chi connectivity index (χ0) is 57.9. The predicted octanol–water partition coefficient (Wildman–Crippen LogP) is 2.34. The van der Waals surface area contributed by atoms with Crippen LogP contribution in [0.1, 0.15) is 100 Å². The number of nitrogens with one attached hydrogen (secondary N) is 5. The number of fused-ring (bicyclic) bond motifs is 6. The molecule has 7 heterocycles. The van der Waals surface area contributed by atoms with Gasteiger partial charge in [0.05, 0.1) is 29.0 Å². The minimum absolute atomic E-state index is 0.0159. The van der Waals surface area contributed by atoms with Gasteiger partial charge in [-0.3, -0.25) is 48.2 Å². The molecule has 9 rings (SSSR count). The third kappa shape index (κ3) is 12.5. The van der Waals surface area contributed by atoms with Crippen LogP contribution in [-0.2, 0) is 79.7 Å². The van der Waals surface area contributed by atoms with Crippen molar-refractivity contribution in [2.75, 3.05) is 31.7 Å². The van der Waals surface area contributed by atoms with Crippen molar-refractivity contribution in [2.24, 2.45) is 5.92 Å². The summed E-state index contributed by atoms with van der Waals surface area (Å²) >= 11 is 0. The summed E-state index contributed by atoms with van der Waals surface area (Å²) in [6.45, 7) is 8.10. The number of piperidine rings is 1. The Morgan fingerprint density at radius 1 is 0.840 bits per heavy atom. The standard InChI is InChI=1S/C56H63N9O16/c1-5-56(77)38-22-42-49-36(25-65(42)53(74)37(38)27-78-54(56)75)35(34-21-43-44(81-28-80-43)23-40(34)61-49)24-63-17-14-33(15-18-63)59-55(76)79-26-31-6-8-32(9-7-31)58-51(72)39(10-13-48(69)70)62-50(71)30(4)57-52(73)41(20-29(2)3)60-45(66)16-19-64-46(67)11-12-47(64)68/h6-9,11-12,21-23,29-30,33,39,41,77H,5,10,13-20,24-28H2,1-4H3,(H,57,73)(H,58,72)(H,59,76)(H,60,66)(H,62,71)(H,69,70)/t30-,39-,41+,56-/m0/s1. The zero-order valence-corrected chi connectivity index (χ0v) is 45.1. The summed E-state index contributed by atoms with van der Waals surface area (Å²) in [5.74, 6) is -4.91. The largest absolute Gasteiger partial charge is 0.481 e. The molecule has 4 aromatic rings. The summed E-state index contributed by atoms with van der Waals surface area (Å²) < 4.78 is 23.9. The second-order valence-corrected chi connectivity index (χ2v) is 21.1. The molecule has 25 heteroatoms. The van der Waals surface area contributed by atoms with E-state index in [1.165, 1.54) is 6.92 Å². The molecule has 0 bridgehead atoms. The molecule has 2 aromatic heterocycles. The fourth-order valence-corrected chi connectivity index (χ4v) is 10.5. The number of nitrogens with zero attached hydrogens (tertiary/aromatic N) is 4. The summed E-state index contributed by atoms with van der Waals surface area (Å²) in [4.78, 5) is 136. The Kier molecular flexibility index (Phi) is 16.8. The van der Waals surface area contributed by atoms with Crippen LogP contribution in [0.3, 0.4) is 0 Å². The maximum Gasteiger partial charge on any atom is 0.407 e. The third-order valence-electron chi connectivity index (χ3n) is 15.0. The lowest BCUT2D eigenvalue weighted by molar-refractivity contribution is -0.172. The van der Waals surface area contributed by atoms with E-state index < -0.39 is 83.6 Å². The first-order valence-electron chi connectivity index (χ1n) is 26.8. The number of carbonyl (C=O) groups excluding carboxylic acids is 8. The Labute approximate surface area is 463 Å². The average molecular weight is 1120 g/mol. The number of aliphatic carboxylic acids is 1. The van der Waals surface area contributed by atoms with E-state index in [1.54, 1.807) is 41.8 Å². The van der Waals surface area contributed by atoms with Crippen molar-refractivity contribution in [3.8, 4) is 22.9 Å². The number of carboxylic acids is 1. The molecule has 1 fully saturated rings. The minimum atomic E-state index is -1.97. The van der Waals surface area contributed by atoms with E-state index in [0.29, 0.717) is 72.1 Å². The second kappa shape index (κ2) is 23.9. The topological polar surface area (TPSA) is 333 Å². The molecule has 5 aliphatic heterocycles. The highest BCUT2D eigenvalue weighted by molar-refractivity contribution is 6.13. The molecule has 0 spiro atoms. The van der Waals surface area contributed by atoms with E-state index in [9.17, 15) is 58.2 Å². The first-order valence-corrected chi connectivity index (χ1v) is 26.8. The van der Waals surface area contributed by atoms with E-state index in [-0.39, 0.29) is 87.4 Å². The summed E-state index contributed by atoms with van der Waals surface area (Å²) in [5, 5.41) is 34.9. The number of likely N-dealkylation sites (tertiary alicyclic amines) is 1. The van der Waals surface area contributed by atoms with Gasteiger partial charge in [-0.25, -0.2) is 14.6 Å². The van der Waals surface area contributed by atoms with Gasteiger partial charge in [0.1, 0.15) is 31.3 Å². The molecule has 4 atom stereocenters. The molecule has 7 amide bonds. The van der Waals surface area contributed by atoms with E-state index in [0.717, 1.165) is 33.6 Å². The molecule has 2 aromatic carbocycles. The Bertz CT molecular complexity index is 3300. The molecular weight excluding hydrogens is 1050 g/mol. The van der Waals surface area contributed by atoms with Gasteiger partial charge in [-0.2, -0.15) is 0 Å². The zero-order valence-electron chi connectivity index (χ0n) is 45.1. The number of aromatic nitrogens is 2. The van der Waals surface area contributed by atoms with Gasteiger partial charge in [-0.1, -0.05) is 32.9 Å². The number of alkyl carbamates (subject to hydrolysis) is 1. The van der Waals surface area contributed by atoms with Crippen LogP contribution in [0.2, 0.25) is 0 Å². The van der Waals surface area contributed by atoms with Crippen molar-refractivity contribution in [3.63, 3.8) is 0 Å². The highest BCUT2D eigenvalue weighted by atomic mass is 16.7. The van der Waals surface area contributed by atoms with Crippen LogP contribution in [0, 0.1) is 5.92 Å². The van der Waals surface area contributed by atoms with Gasteiger partial charge in [-0.05, 0) is 80.3 Å². The number of hydrogen-bond acceptors (Lipinski definition) is 17. The summed E-state index contributed by atoms with van der Waals surface area (Å²) in [6, 6.07) is 7.89. The highest BCUT2D eigenvalue weighted by Crippen LogP contribution is 2.44. The minimum Gasteiger partial charge on any atom is -0.481 e. The molecular formula is C56H63N9O16. The Morgan fingerprint density at radius 3 is 2.22 bits per heavy atom. The third-order valence-corrected chi connectivity index (χ3v) is 15.0. The maximum absolute atomic E-state index is 14.0. The molecule has 428 valence electrons. The van der Waals surface area contributed by atoms with Gasteiger partial charge in [0.15, 0.2) is 17.1 Å². The molecule has 0 radical (unpaired) electrons. The molecule has 1 saturated heterocycles. The van der Waals surface area contributed by atoms with Crippen LogP contribution in [0.25, 0.3) is 22.3 Å². The van der Waals surface area contributed by atoms with Crippen molar-refractivity contribution in [1.82, 2.24) is 40.6 Å². The van der Waals surface area contributed by atoms with Crippen LogP contribution < -0.4 is 41.6 Å². The number of hydrogen-bond donors (Lipinski definition) is 7. The van der Waals surface area contributed by atoms with Gasteiger partial charge in [-0.15, -0.1) is 0 Å². The van der Waals surface area contributed by atoms with Crippen LogP contribution in [-0.4, -0.2) is 134 Å². The number of amides is 7. The predicted molar refractivity (Wildman–Crippen MR) is 286 cm³/mol. The molecule has 25 nitrogen and oxygen atoms in total. The number of pyridine rings is 2. The lowest BCUT2D eigenvalue weighted by Crippen LogP contribution is -2.55. The number of carbonyl (C=O) groups is 9. The molecule has 0 unspecified atom stereocenters. The van der Waals surface area contributed by atoms with Crippen LogP contribution in [0.15, 0.2) is 59.4 Å². The summed E-state index contributed by atoms with van der Waals surface area (Å²) in [6.07, 6.45) is 1.95. The van der Waals surface area contributed by atoms with E-state index in [4.69, 9.17) is 23.9 Å². The lowest BCUT2D eigenvalue weighted by atomic mass is 9.86. The first-order chi connectivity index (χ1) is 38.7. The second-order valence-electron chi connectivity index (χ2n) is 21.1. The van der Waals surface area contributed by atoms with Gasteiger partial charge < -0.3 is 60.3 Å². The van der Waals surface area contributed by atoms with Crippen LogP contribution in [0.4, 0.5) is 10.5 Å². The molecule has 7 N–H and O–H groups in total. The van der Waals surface area contributed by atoms with Crippen molar-refractivity contribution in [1.29, 1.82) is 0 Å². The molecule has 0 aliphatic carbocycles. The van der Waals surface area contributed by atoms with Crippen LogP contribution in [0.5, 0.6) is 11.5 Å². The number of rotatable bonds is 21. The average Bonchev–Trinajstić information content (AvgIpc) is 3.72. The van der Waals surface area contributed by atoms with Gasteiger partial charge in [0, 0.05) is 85.5 Å². The normalized spacial score (nSPS) is 18.3. The van der Waals surface area contributed by atoms with E-state index >= 15 is 0 Å². The Morgan fingerprint density at radius 2 is 1.54 bits per heavy atom. The molecule has 81 heavy (non-hydrogen) atoms. The smallest absolute Gasteiger partial charge is 0.407 e. The van der Waals surface area contributed by atoms with Crippen molar-refractivity contribution in [2.45, 2.75) is 129 Å². The fraction of sp³-hybridized carbons (Fsp3) is 0.446. The van der Waals surface area contributed by atoms with Gasteiger partial charge in [0.25, 0.3) is 17.4 Å². The molecule has 0 saturated carbocycles. The Balaban J connectivity index is 0.761. The summed E-state index contributed by atoms with van der Waals surface area (Å²) in [7, 11) is 0. The first kappa shape index (κ1) is 57.0. The number of aliphatic hydroxyl groups is 1. The number of esters is 1. The van der Waals surface area contributed by atoms with E-state index in [1.807, 2.05) is 26.0 Å². The van der Waals surface area contributed by atoms with Crippen molar-refractivity contribution >= 4 is 70.1 Å². The van der Waals surface area contributed by atoms with Crippen LogP contribution >= 0.6 is 0 Å². The number of anilines is 1. The number of carboxylic acid groups (broad SMARTS) is 1. The summed E-state index contributed by atoms with van der Waals surface area (Å²) in [5.41, 5.74) is 2.44.